The molecule has 0 saturated carbocycles. The molecule has 2 aromatic rings. The zero-order chi connectivity index (χ0) is 13.8. The molecule has 0 bridgehead atoms. The van der Waals surface area contributed by atoms with Crippen LogP contribution in [0.25, 0.3) is 0 Å². The van der Waals surface area contributed by atoms with E-state index in [4.69, 9.17) is 4.99 Å². The molecule has 3 rings (SSSR count). The van der Waals surface area contributed by atoms with Crippen molar-refractivity contribution in [3.05, 3.63) is 65.7 Å². The van der Waals surface area contributed by atoms with Gasteiger partial charge in [0.05, 0.1) is 6.04 Å². The molecule has 0 saturated heterocycles. The predicted octanol–water partition coefficient (Wildman–Crippen LogP) is 4.51. The van der Waals surface area contributed by atoms with E-state index < -0.39 is 0 Å². The van der Waals surface area contributed by atoms with Crippen molar-refractivity contribution >= 4 is 22.6 Å². The number of hydrogen-bond acceptors (Lipinski definition) is 3. The van der Waals surface area contributed by atoms with Crippen LogP contribution in [0.2, 0.25) is 0 Å². The van der Waals surface area contributed by atoms with Gasteiger partial charge in [-0.3, -0.25) is 4.99 Å². The summed E-state index contributed by atoms with van der Waals surface area (Å²) in [6.45, 7) is 2.17. The molecule has 1 unspecified atom stereocenters. The summed E-state index contributed by atoms with van der Waals surface area (Å²) in [5, 5.41) is 4.45. The Bertz CT molecular complexity index is 607. The average Bonchev–Trinajstić information content (AvgIpc) is 2.97. The SMILES string of the molecule is CCc1cccc(NC2=NC(c3ccccc3)CS2)c1. The third kappa shape index (κ3) is 3.05. The Balaban J connectivity index is 1.72. The first-order valence-corrected chi connectivity index (χ1v) is 7.95. The van der Waals surface area contributed by atoms with Crippen molar-refractivity contribution in [2.24, 2.45) is 4.99 Å². The molecule has 0 amide bonds. The lowest BCUT2D eigenvalue weighted by Crippen LogP contribution is -2.04. The Morgan fingerprint density at radius 1 is 1.15 bits per heavy atom. The first kappa shape index (κ1) is 13.3. The number of benzene rings is 2. The Hall–Kier alpha value is -1.74. The van der Waals surface area contributed by atoms with Gasteiger partial charge in [0.2, 0.25) is 0 Å². The second kappa shape index (κ2) is 6.14. The normalized spacial score (nSPS) is 17.9. The van der Waals surface area contributed by atoms with Gasteiger partial charge in [-0.1, -0.05) is 61.2 Å². The predicted molar refractivity (Wildman–Crippen MR) is 88.5 cm³/mol. The summed E-state index contributed by atoms with van der Waals surface area (Å²) < 4.78 is 0. The van der Waals surface area contributed by atoms with E-state index in [1.165, 1.54) is 11.1 Å². The van der Waals surface area contributed by atoms with Crippen LogP contribution >= 0.6 is 11.8 Å². The van der Waals surface area contributed by atoms with Gasteiger partial charge in [0.1, 0.15) is 0 Å². The number of nitrogens with zero attached hydrogens (tertiary/aromatic N) is 1. The molecule has 1 aliphatic rings. The van der Waals surface area contributed by atoms with Crippen LogP contribution in [0.15, 0.2) is 59.6 Å². The van der Waals surface area contributed by atoms with Crippen molar-refractivity contribution < 1.29 is 0 Å². The summed E-state index contributed by atoms with van der Waals surface area (Å²) in [4.78, 5) is 4.78. The van der Waals surface area contributed by atoms with E-state index in [2.05, 4.69) is 60.8 Å². The highest BCUT2D eigenvalue weighted by atomic mass is 32.2. The molecule has 1 heterocycles. The zero-order valence-electron chi connectivity index (χ0n) is 11.5. The van der Waals surface area contributed by atoms with E-state index in [1.54, 1.807) is 11.8 Å². The number of thioether (sulfide) groups is 1. The largest absolute Gasteiger partial charge is 0.335 e. The molecule has 20 heavy (non-hydrogen) atoms. The van der Waals surface area contributed by atoms with Crippen LogP contribution in [-0.2, 0) is 6.42 Å². The number of anilines is 1. The van der Waals surface area contributed by atoms with Crippen LogP contribution in [0.4, 0.5) is 5.69 Å². The summed E-state index contributed by atoms with van der Waals surface area (Å²) >= 11 is 1.79. The molecule has 0 radical (unpaired) electrons. The minimum atomic E-state index is 0.276. The fourth-order valence-electron chi connectivity index (χ4n) is 2.28. The second-order valence-corrected chi connectivity index (χ2v) is 5.86. The van der Waals surface area contributed by atoms with Crippen molar-refractivity contribution in [3.63, 3.8) is 0 Å². The number of nitrogens with one attached hydrogen (secondary N) is 1. The molecular weight excluding hydrogens is 264 g/mol. The van der Waals surface area contributed by atoms with Gasteiger partial charge in [0.25, 0.3) is 0 Å². The molecule has 3 heteroatoms. The molecule has 1 N–H and O–H groups in total. The van der Waals surface area contributed by atoms with Gasteiger partial charge in [0.15, 0.2) is 5.17 Å². The Morgan fingerprint density at radius 2 is 2.00 bits per heavy atom. The monoisotopic (exact) mass is 282 g/mol. The smallest absolute Gasteiger partial charge is 0.161 e. The Labute approximate surface area is 124 Å². The molecular formula is C17H18N2S. The molecule has 1 atom stereocenters. The maximum atomic E-state index is 4.78. The fourth-order valence-corrected chi connectivity index (χ4v) is 3.26. The number of aryl methyl sites for hydroxylation is 1. The van der Waals surface area contributed by atoms with E-state index in [1.807, 2.05) is 6.07 Å². The van der Waals surface area contributed by atoms with Crippen molar-refractivity contribution in [3.8, 4) is 0 Å². The second-order valence-electron chi connectivity index (χ2n) is 4.85. The van der Waals surface area contributed by atoms with E-state index >= 15 is 0 Å². The molecule has 0 aromatic heterocycles. The third-order valence-electron chi connectivity index (χ3n) is 3.42. The summed E-state index contributed by atoms with van der Waals surface area (Å²) in [6.07, 6.45) is 1.06. The number of aliphatic imine (C=N–C) groups is 1. The topological polar surface area (TPSA) is 24.4 Å². The van der Waals surface area contributed by atoms with E-state index in [0.717, 1.165) is 23.0 Å². The van der Waals surface area contributed by atoms with Crippen LogP contribution in [0.1, 0.15) is 24.1 Å². The minimum Gasteiger partial charge on any atom is -0.335 e. The minimum absolute atomic E-state index is 0.276. The molecule has 102 valence electrons. The number of hydrogen-bond donors (Lipinski definition) is 1. The Morgan fingerprint density at radius 3 is 2.80 bits per heavy atom. The molecule has 0 spiro atoms. The molecule has 0 aliphatic carbocycles. The van der Waals surface area contributed by atoms with Crippen molar-refractivity contribution in [1.82, 2.24) is 0 Å². The van der Waals surface area contributed by atoms with Crippen molar-refractivity contribution in [1.29, 1.82) is 0 Å². The Kier molecular flexibility index (Phi) is 4.07. The highest BCUT2D eigenvalue weighted by Crippen LogP contribution is 2.30. The van der Waals surface area contributed by atoms with Gasteiger partial charge < -0.3 is 5.32 Å². The first-order chi connectivity index (χ1) is 9.85. The molecule has 1 aliphatic heterocycles. The van der Waals surface area contributed by atoms with Crippen LogP contribution < -0.4 is 5.32 Å². The maximum Gasteiger partial charge on any atom is 0.161 e. The van der Waals surface area contributed by atoms with Crippen LogP contribution in [0.5, 0.6) is 0 Å². The van der Waals surface area contributed by atoms with E-state index in [0.29, 0.717) is 0 Å². The first-order valence-electron chi connectivity index (χ1n) is 6.96. The van der Waals surface area contributed by atoms with Crippen LogP contribution in [-0.4, -0.2) is 10.9 Å². The summed E-state index contributed by atoms with van der Waals surface area (Å²) in [5.74, 6) is 1.01. The van der Waals surface area contributed by atoms with Gasteiger partial charge in [-0.15, -0.1) is 0 Å². The van der Waals surface area contributed by atoms with Crippen LogP contribution in [0.3, 0.4) is 0 Å². The van der Waals surface area contributed by atoms with E-state index in [-0.39, 0.29) is 6.04 Å². The molecule has 2 aromatic carbocycles. The molecule has 2 nitrogen and oxygen atoms in total. The van der Waals surface area contributed by atoms with Gasteiger partial charge in [0, 0.05) is 11.4 Å². The lowest BCUT2D eigenvalue weighted by Gasteiger charge is -2.06. The fraction of sp³-hybridized carbons (Fsp3) is 0.235. The lowest BCUT2D eigenvalue weighted by molar-refractivity contribution is 0.849. The van der Waals surface area contributed by atoms with Gasteiger partial charge in [-0.2, -0.15) is 0 Å². The van der Waals surface area contributed by atoms with Gasteiger partial charge in [-0.05, 0) is 29.7 Å². The number of rotatable bonds is 3. The lowest BCUT2D eigenvalue weighted by atomic mass is 10.1. The summed E-state index contributed by atoms with van der Waals surface area (Å²) in [6, 6.07) is 19.3. The van der Waals surface area contributed by atoms with Crippen molar-refractivity contribution in [2.75, 3.05) is 11.1 Å². The van der Waals surface area contributed by atoms with Gasteiger partial charge >= 0.3 is 0 Å². The number of amidine groups is 1. The third-order valence-corrected chi connectivity index (χ3v) is 4.39. The highest BCUT2D eigenvalue weighted by Gasteiger charge is 2.19. The summed E-state index contributed by atoms with van der Waals surface area (Å²) in [5.41, 5.74) is 3.77. The van der Waals surface area contributed by atoms with Crippen LogP contribution in [0, 0.1) is 0 Å². The summed E-state index contributed by atoms with van der Waals surface area (Å²) in [7, 11) is 0. The molecule has 0 fully saturated rings. The zero-order valence-corrected chi connectivity index (χ0v) is 12.4. The van der Waals surface area contributed by atoms with Crippen molar-refractivity contribution in [2.45, 2.75) is 19.4 Å². The average molecular weight is 282 g/mol. The van der Waals surface area contributed by atoms with E-state index in [9.17, 15) is 0 Å². The quantitative estimate of drug-likeness (QED) is 0.896. The standard InChI is InChI=1S/C17H18N2S/c1-2-13-7-6-10-15(11-13)18-17-19-16(12-20-17)14-8-4-3-5-9-14/h3-11,16H,2,12H2,1H3,(H,18,19). The maximum absolute atomic E-state index is 4.78. The highest BCUT2D eigenvalue weighted by molar-refractivity contribution is 8.14. The van der Waals surface area contributed by atoms with Gasteiger partial charge in [-0.25, -0.2) is 0 Å².